The van der Waals surface area contributed by atoms with Crippen LogP contribution in [-0.4, -0.2) is 45.7 Å². The highest BCUT2D eigenvalue weighted by Crippen LogP contribution is 2.30. The molecule has 0 aromatic heterocycles. The Labute approximate surface area is 153 Å². The molecule has 0 spiro atoms. The summed E-state index contributed by atoms with van der Waals surface area (Å²) >= 11 is 6.29. The van der Waals surface area contributed by atoms with Crippen LogP contribution in [0, 0.1) is 0 Å². The molecule has 6 heteroatoms. The zero-order chi connectivity index (χ0) is 16.9. The minimum absolute atomic E-state index is 0.0818. The molecule has 1 aromatic rings. The monoisotopic (exact) mass is 364 g/mol. The minimum Gasteiger partial charge on any atom is -0.343 e. The van der Waals surface area contributed by atoms with E-state index in [2.05, 4.69) is 17.9 Å². The molecule has 2 saturated heterocycles. The summed E-state index contributed by atoms with van der Waals surface area (Å²) in [6.07, 6.45) is 4.59. The zero-order valence-electron chi connectivity index (χ0n) is 13.7. The average molecular weight is 365 g/mol. The van der Waals surface area contributed by atoms with Gasteiger partial charge < -0.3 is 10.2 Å². The smallest absolute Gasteiger partial charge is 0.246 e. The van der Waals surface area contributed by atoms with Crippen molar-refractivity contribution in [3.05, 3.63) is 35.9 Å². The number of carbonyl (C=O) groups is 2. The fourth-order valence-electron chi connectivity index (χ4n) is 3.30. The summed E-state index contributed by atoms with van der Waals surface area (Å²) in [6, 6.07) is 9.43. The van der Waals surface area contributed by atoms with Crippen molar-refractivity contribution in [1.82, 2.24) is 10.2 Å². The predicted octanol–water partition coefficient (Wildman–Crippen LogP) is 2.49. The number of hydrogen-bond donors (Lipinski definition) is 2. The van der Waals surface area contributed by atoms with Gasteiger partial charge in [-0.15, -0.1) is 11.8 Å². The van der Waals surface area contributed by atoms with E-state index in [1.165, 1.54) is 6.42 Å². The highest BCUT2D eigenvalue weighted by molar-refractivity contribution is 7.99. The molecule has 2 fully saturated rings. The standard InChI is InChI=1S/C18H24N2O2S2/c21-17(15(23)12-13-6-2-1-3-7-13)19-14-9-11-24-16-8-4-5-10-20(16)18(14)22/h1-3,6-7,14-16,23H,4-5,8-12H2,(H,19,21)/t14-,15-,16-/m0/s1. The zero-order valence-corrected chi connectivity index (χ0v) is 15.4. The van der Waals surface area contributed by atoms with Gasteiger partial charge in [0.05, 0.1) is 10.6 Å². The van der Waals surface area contributed by atoms with Gasteiger partial charge in [-0.2, -0.15) is 12.6 Å². The lowest BCUT2D eigenvalue weighted by Gasteiger charge is -2.35. The fourth-order valence-corrected chi connectivity index (χ4v) is 4.96. The normalized spacial score (nSPS) is 25.5. The number of nitrogens with zero attached hydrogens (tertiary/aromatic N) is 1. The van der Waals surface area contributed by atoms with Crippen LogP contribution in [0.3, 0.4) is 0 Å². The van der Waals surface area contributed by atoms with E-state index in [0.717, 1.165) is 30.7 Å². The molecule has 0 radical (unpaired) electrons. The van der Waals surface area contributed by atoms with Gasteiger partial charge in [-0.05, 0) is 43.4 Å². The second-order valence-electron chi connectivity index (χ2n) is 6.41. The third-order valence-electron chi connectivity index (χ3n) is 4.64. The van der Waals surface area contributed by atoms with Gasteiger partial charge in [-0.1, -0.05) is 30.3 Å². The molecule has 24 heavy (non-hydrogen) atoms. The molecule has 2 heterocycles. The first-order chi connectivity index (χ1) is 11.6. The number of amides is 2. The van der Waals surface area contributed by atoms with Crippen molar-refractivity contribution in [3.8, 4) is 0 Å². The maximum Gasteiger partial charge on any atom is 0.246 e. The topological polar surface area (TPSA) is 49.4 Å². The Hall–Kier alpha value is -1.14. The number of carbonyl (C=O) groups excluding carboxylic acids is 2. The van der Waals surface area contributed by atoms with Crippen molar-refractivity contribution in [2.45, 2.75) is 48.8 Å². The lowest BCUT2D eigenvalue weighted by atomic mass is 10.1. The summed E-state index contributed by atoms with van der Waals surface area (Å²) in [5.41, 5.74) is 1.08. The molecular formula is C18H24N2O2S2. The van der Waals surface area contributed by atoms with Crippen LogP contribution < -0.4 is 5.32 Å². The molecular weight excluding hydrogens is 340 g/mol. The second-order valence-corrected chi connectivity index (χ2v) is 8.32. The first kappa shape index (κ1) is 17.7. The second kappa shape index (κ2) is 8.30. The molecule has 2 amide bonds. The Kier molecular flexibility index (Phi) is 6.11. The van der Waals surface area contributed by atoms with Crippen molar-refractivity contribution in [3.63, 3.8) is 0 Å². The van der Waals surface area contributed by atoms with E-state index in [0.29, 0.717) is 18.2 Å². The van der Waals surface area contributed by atoms with E-state index in [-0.39, 0.29) is 11.8 Å². The van der Waals surface area contributed by atoms with Crippen molar-refractivity contribution in [2.75, 3.05) is 12.3 Å². The maximum atomic E-state index is 12.8. The molecule has 3 rings (SSSR count). The summed E-state index contributed by atoms with van der Waals surface area (Å²) in [4.78, 5) is 27.2. The van der Waals surface area contributed by atoms with Crippen LogP contribution in [0.5, 0.6) is 0 Å². The van der Waals surface area contributed by atoms with Gasteiger partial charge in [0.15, 0.2) is 0 Å². The van der Waals surface area contributed by atoms with Gasteiger partial charge in [0.2, 0.25) is 11.8 Å². The van der Waals surface area contributed by atoms with Gasteiger partial charge >= 0.3 is 0 Å². The summed E-state index contributed by atoms with van der Waals surface area (Å²) in [5.74, 6) is 0.840. The van der Waals surface area contributed by atoms with Gasteiger partial charge in [0.25, 0.3) is 0 Å². The molecule has 1 N–H and O–H groups in total. The minimum atomic E-state index is -0.437. The fraction of sp³-hybridized carbons (Fsp3) is 0.556. The first-order valence-corrected chi connectivity index (χ1v) is 10.2. The predicted molar refractivity (Wildman–Crippen MR) is 101 cm³/mol. The van der Waals surface area contributed by atoms with Gasteiger partial charge in [0.1, 0.15) is 6.04 Å². The van der Waals surface area contributed by atoms with E-state index in [9.17, 15) is 9.59 Å². The van der Waals surface area contributed by atoms with E-state index < -0.39 is 11.3 Å². The number of rotatable bonds is 4. The molecule has 0 saturated carbocycles. The Bertz CT molecular complexity index is 582. The number of hydrogen-bond acceptors (Lipinski definition) is 4. The van der Waals surface area contributed by atoms with Crippen molar-refractivity contribution in [2.24, 2.45) is 0 Å². The highest BCUT2D eigenvalue weighted by atomic mass is 32.2. The quantitative estimate of drug-likeness (QED) is 0.807. The van der Waals surface area contributed by atoms with Crippen molar-refractivity contribution in [1.29, 1.82) is 0 Å². The SMILES string of the molecule is O=C(N[C@H]1CCS[C@H]2CCCCN2C1=O)[C@@H](S)Cc1ccccc1. The largest absolute Gasteiger partial charge is 0.343 e. The third kappa shape index (κ3) is 4.28. The Morgan fingerprint density at radius 2 is 2.08 bits per heavy atom. The lowest BCUT2D eigenvalue weighted by molar-refractivity contribution is -0.137. The number of fused-ring (bicyclic) bond motifs is 1. The molecule has 2 aliphatic rings. The number of thiol groups is 1. The Morgan fingerprint density at radius 3 is 2.88 bits per heavy atom. The summed E-state index contributed by atoms with van der Waals surface area (Å²) in [6.45, 7) is 0.817. The van der Waals surface area contributed by atoms with Crippen LogP contribution in [0.4, 0.5) is 0 Å². The van der Waals surface area contributed by atoms with Crippen molar-refractivity contribution >= 4 is 36.2 Å². The molecule has 0 unspecified atom stereocenters. The molecule has 1 aromatic carbocycles. The number of thioether (sulfide) groups is 1. The van der Waals surface area contributed by atoms with Crippen molar-refractivity contribution < 1.29 is 9.59 Å². The van der Waals surface area contributed by atoms with Crippen LogP contribution >= 0.6 is 24.4 Å². The van der Waals surface area contributed by atoms with Crippen LogP contribution in [0.2, 0.25) is 0 Å². The highest BCUT2D eigenvalue weighted by Gasteiger charge is 2.35. The third-order valence-corrected chi connectivity index (χ3v) is 6.40. The molecule has 3 atom stereocenters. The average Bonchev–Trinajstić information content (AvgIpc) is 2.76. The van der Waals surface area contributed by atoms with Gasteiger partial charge in [-0.25, -0.2) is 0 Å². The summed E-state index contributed by atoms with van der Waals surface area (Å²) in [5, 5.41) is 2.80. The molecule has 4 nitrogen and oxygen atoms in total. The van der Waals surface area contributed by atoms with Gasteiger partial charge in [-0.3, -0.25) is 9.59 Å². The van der Waals surface area contributed by atoms with E-state index >= 15 is 0 Å². The van der Waals surface area contributed by atoms with Crippen LogP contribution in [0.1, 0.15) is 31.2 Å². The number of piperidine rings is 1. The molecule has 0 bridgehead atoms. The maximum absolute atomic E-state index is 12.8. The van der Waals surface area contributed by atoms with Crippen LogP contribution in [0.25, 0.3) is 0 Å². The van der Waals surface area contributed by atoms with E-state index in [4.69, 9.17) is 0 Å². The van der Waals surface area contributed by atoms with E-state index in [1.807, 2.05) is 47.0 Å². The molecule has 130 valence electrons. The molecule has 0 aliphatic carbocycles. The van der Waals surface area contributed by atoms with Crippen LogP contribution in [-0.2, 0) is 16.0 Å². The number of benzene rings is 1. The Morgan fingerprint density at radius 1 is 1.29 bits per heavy atom. The summed E-state index contributed by atoms with van der Waals surface area (Å²) in [7, 11) is 0. The lowest BCUT2D eigenvalue weighted by Crippen LogP contribution is -2.52. The summed E-state index contributed by atoms with van der Waals surface area (Å²) < 4.78 is 0. The molecule has 2 aliphatic heterocycles. The van der Waals surface area contributed by atoms with Crippen LogP contribution in [0.15, 0.2) is 30.3 Å². The Balaban J connectivity index is 1.59. The first-order valence-electron chi connectivity index (χ1n) is 8.59. The van der Waals surface area contributed by atoms with E-state index in [1.54, 1.807) is 0 Å². The van der Waals surface area contributed by atoms with Gasteiger partial charge in [0, 0.05) is 6.54 Å². The number of nitrogens with one attached hydrogen (secondary N) is 1.